The molecule has 4 rings (SSSR count). The van der Waals surface area contributed by atoms with E-state index < -0.39 is 11.6 Å². The van der Waals surface area contributed by atoms with Crippen LogP contribution in [0.1, 0.15) is 29.6 Å². The number of halogens is 2. The van der Waals surface area contributed by atoms with Crippen molar-refractivity contribution in [3.8, 4) is 0 Å². The predicted octanol–water partition coefficient (Wildman–Crippen LogP) is 2.04. The Hall–Kier alpha value is -1.53. The first-order valence-corrected chi connectivity index (χ1v) is 8.19. The SMILES string of the molecule is O=C(c1ccc(F)cc1F)N1CC2(CC(N3CCCC3)CO2)C1. The van der Waals surface area contributed by atoms with E-state index in [1.807, 2.05) is 0 Å². The molecule has 4 nitrogen and oxygen atoms in total. The van der Waals surface area contributed by atoms with Gasteiger partial charge in [-0.05, 0) is 44.5 Å². The maximum absolute atomic E-state index is 13.7. The third-order valence-electron chi connectivity index (χ3n) is 5.25. The van der Waals surface area contributed by atoms with Gasteiger partial charge < -0.3 is 9.64 Å². The zero-order valence-electron chi connectivity index (χ0n) is 12.9. The minimum atomic E-state index is -0.807. The summed E-state index contributed by atoms with van der Waals surface area (Å²) in [6, 6.07) is 3.51. The van der Waals surface area contributed by atoms with Crippen LogP contribution in [0.2, 0.25) is 0 Å². The highest BCUT2D eigenvalue weighted by Crippen LogP contribution is 2.38. The topological polar surface area (TPSA) is 32.8 Å². The summed E-state index contributed by atoms with van der Waals surface area (Å²) in [5.41, 5.74) is -0.338. The maximum atomic E-state index is 13.7. The van der Waals surface area contributed by atoms with Gasteiger partial charge in [-0.3, -0.25) is 9.69 Å². The fraction of sp³-hybridized carbons (Fsp3) is 0.588. The summed E-state index contributed by atoms with van der Waals surface area (Å²) in [5.74, 6) is -1.87. The van der Waals surface area contributed by atoms with Crippen molar-refractivity contribution in [1.29, 1.82) is 0 Å². The van der Waals surface area contributed by atoms with Crippen molar-refractivity contribution in [2.45, 2.75) is 30.9 Å². The van der Waals surface area contributed by atoms with Crippen LogP contribution in [0.15, 0.2) is 18.2 Å². The number of ether oxygens (including phenoxy) is 1. The second-order valence-corrected chi connectivity index (χ2v) is 6.88. The van der Waals surface area contributed by atoms with Gasteiger partial charge >= 0.3 is 0 Å². The average molecular weight is 322 g/mol. The molecule has 3 aliphatic heterocycles. The van der Waals surface area contributed by atoms with Gasteiger partial charge in [0.15, 0.2) is 0 Å². The second-order valence-electron chi connectivity index (χ2n) is 6.88. The molecular weight excluding hydrogens is 302 g/mol. The van der Waals surface area contributed by atoms with Crippen LogP contribution in [0.4, 0.5) is 8.78 Å². The normalized spacial score (nSPS) is 26.7. The summed E-state index contributed by atoms with van der Waals surface area (Å²) < 4.78 is 32.7. The first kappa shape index (κ1) is 15.0. The van der Waals surface area contributed by atoms with E-state index >= 15 is 0 Å². The van der Waals surface area contributed by atoms with E-state index in [0.717, 1.165) is 31.6 Å². The number of hydrogen-bond donors (Lipinski definition) is 0. The highest BCUT2D eigenvalue weighted by molar-refractivity contribution is 5.95. The number of benzene rings is 1. The summed E-state index contributed by atoms with van der Waals surface area (Å²) in [5, 5.41) is 0. The minimum Gasteiger partial charge on any atom is -0.370 e. The van der Waals surface area contributed by atoms with Gasteiger partial charge in [-0.1, -0.05) is 0 Å². The zero-order valence-corrected chi connectivity index (χ0v) is 12.9. The third kappa shape index (κ3) is 2.64. The number of nitrogens with zero attached hydrogens (tertiary/aromatic N) is 2. The van der Waals surface area contributed by atoms with Crippen LogP contribution in [0.3, 0.4) is 0 Å². The van der Waals surface area contributed by atoms with Gasteiger partial charge in [-0.25, -0.2) is 8.78 Å². The van der Waals surface area contributed by atoms with Crippen LogP contribution in [-0.4, -0.2) is 60.1 Å². The van der Waals surface area contributed by atoms with E-state index in [9.17, 15) is 13.6 Å². The highest BCUT2D eigenvalue weighted by Gasteiger charge is 2.52. The van der Waals surface area contributed by atoms with Gasteiger partial charge in [0.1, 0.15) is 17.2 Å². The molecule has 0 bridgehead atoms. The van der Waals surface area contributed by atoms with Crippen molar-refractivity contribution < 1.29 is 18.3 Å². The molecule has 3 saturated heterocycles. The van der Waals surface area contributed by atoms with Crippen LogP contribution in [0, 0.1) is 11.6 Å². The Labute approximate surface area is 134 Å². The van der Waals surface area contributed by atoms with Gasteiger partial charge in [-0.2, -0.15) is 0 Å². The predicted molar refractivity (Wildman–Crippen MR) is 80.2 cm³/mol. The number of rotatable bonds is 2. The average Bonchev–Trinajstić information content (AvgIpc) is 3.14. The number of amides is 1. The molecular formula is C17H20F2N2O2. The van der Waals surface area contributed by atoms with Crippen molar-refractivity contribution in [3.05, 3.63) is 35.4 Å². The number of hydrogen-bond acceptors (Lipinski definition) is 3. The lowest BCUT2D eigenvalue weighted by atomic mass is 9.88. The minimum absolute atomic E-state index is 0.0738. The molecule has 0 aromatic heterocycles. The Balaban J connectivity index is 1.38. The molecule has 6 heteroatoms. The van der Waals surface area contributed by atoms with E-state index in [2.05, 4.69) is 4.90 Å². The Morgan fingerprint density at radius 1 is 1.22 bits per heavy atom. The smallest absolute Gasteiger partial charge is 0.257 e. The highest BCUT2D eigenvalue weighted by atomic mass is 19.1. The number of carbonyl (C=O) groups excluding carboxylic acids is 1. The van der Waals surface area contributed by atoms with E-state index in [0.29, 0.717) is 25.7 Å². The molecule has 3 fully saturated rings. The van der Waals surface area contributed by atoms with Crippen LogP contribution in [-0.2, 0) is 4.74 Å². The largest absolute Gasteiger partial charge is 0.370 e. The zero-order chi connectivity index (χ0) is 16.0. The van der Waals surface area contributed by atoms with Crippen LogP contribution < -0.4 is 0 Å². The molecule has 1 aromatic rings. The van der Waals surface area contributed by atoms with Crippen LogP contribution >= 0.6 is 0 Å². The number of likely N-dealkylation sites (tertiary alicyclic amines) is 2. The van der Waals surface area contributed by atoms with Crippen LogP contribution in [0.5, 0.6) is 0 Å². The van der Waals surface area contributed by atoms with Gasteiger partial charge in [0.2, 0.25) is 0 Å². The molecule has 1 aromatic carbocycles. The van der Waals surface area contributed by atoms with Crippen LogP contribution in [0.25, 0.3) is 0 Å². The molecule has 23 heavy (non-hydrogen) atoms. The Kier molecular flexibility index (Phi) is 3.61. The summed E-state index contributed by atoms with van der Waals surface area (Å²) in [4.78, 5) is 16.4. The fourth-order valence-electron chi connectivity index (χ4n) is 4.01. The molecule has 1 unspecified atom stereocenters. The van der Waals surface area contributed by atoms with Crippen molar-refractivity contribution >= 4 is 5.91 Å². The first-order chi connectivity index (χ1) is 11.1. The molecule has 3 heterocycles. The second kappa shape index (κ2) is 5.53. The fourth-order valence-corrected chi connectivity index (χ4v) is 4.01. The molecule has 124 valence electrons. The van der Waals surface area contributed by atoms with E-state index in [1.165, 1.54) is 18.9 Å². The lowest BCUT2D eigenvalue weighted by molar-refractivity contribution is -0.0951. The maximum Gasteiger partial charge on any atom is 0.257 e. The summed E-state index contributed by atoms with van der Waals surface area (Å²) in [6.07, 6.45) is 3.43. The van der Waals surface area contributed by atoms with Crippen molar-refractivity contribution in [1.82, 2.24) is 9.80 Å². The summed E-state index contributed by atoms with van der Waals surface area (Å²) >= 11 is 0. The van der Waals surface area contributed by atoms with E-state index in [1.54, 1.807) is 4.90 Å². The number of carbonyl (C=O) groups is 1. The first-order valence-electron chi connectivity index (χ1n) is 8.19. The molecule has 0 N–H and O–H groups in total. The molecule has 3 aliphatic rings. The lowest BCUT2D eigenvalue weighted by Gasteiger charge is -2.47. The molecule has 1 amide bonds. The monoisotopic (exact) mass is 322 g/mol. The molecule has 0 aliphatic carbocycles. The van der Waals surface area contributed by atoms with Crippen molar-refractivity contribution in [2.75, 3.05) is 32.8 Å². The quantitative estimate of drug-likeness (QED) is 0.835. The molecule has 0 radical (unpaired) electrons. The molecule has 0 saturated carbocycles. The Morgan fingerprint density at radius 3 is 2.65 bits per heavy atom. The van der Waals surface area contributed by atoms with Gasteiger partial charge in [-0.15, -0.1) is 0 Å². The lowest BCUT2D eigenvalue weighted by Crippen LogP contribution is -2.63. The van der Waals surface area contributed by atoms with Gasteiger partial charge in [0.25, 0.3) is 5.91 Å². The summed E-state index contributed by atoms with van der Waals surface area (Å²) in [6.45, 7) is 3.97. The Morgan fingerprint density at radius 2 is 1.96 bits per heavy atom. The van der Waals surface area contributed by atoms with E-state index in [4.69, 9.17) is 4.74 Å². The molecule has 1 atom stereocenters. The van der Waals surface area contributed by atoms with Gasteiger partial charge in [0, 0.05) is 12.1 Å². The van der Waals surface area contributed by atoms with Crippen molar-refractivity contribution in [3.63, 3.8) is 0 Å². The Bertz CT molecular complexity index is 625. The van der Waals surface area contributed by atoms with Gasteiger partial charge in [0.05, 0.1) is 25.3 Å². The standard InChI is InChI=1S/C17H20F2N2O2/c18-12-3-4-14(15(19)7-12)16(22)21-10-17(11-21)8-13(9-23-17)20-5-1-2-6-20/h3-4,7,13H,1-2,5-6,8-11H2. The van der Waals surface area contributed by atoms with E-state index in [-0.39, 0.29) is 17.1 Å². The van der Waals surface area contributed by atoms with Crippen molar-refractivity contribution in [2.24, 2.45) is 0 Å². The summed E-state index contributed by atoms with van der Waals surface area (Å²) in [7, 11) is 0. The third-order valence-corrected chi connectivity index (χ3v) is 5.25. The molecule has 1 spiro atoms.